The third-order valence-electron chi connectivity index (χ3n) is 2.96. The number of rotatable bonds is 4. The van der Waals surface area contributed by atoms with Crippen LogP contribution in [0.3, 0.4) is 0 Å². The van der Waals surface area contributed by atoms with Gasteiger partial charge < -0.3 is 9.84 Å². The Kier molecular flexibility index (Phi) is 3.62. The number of ether oxygens (including phenoxy) is 1. The molecule has 0 aliphatic heterocycles. The second kappa shape index (κ2) is 5.23. The number of aromatic carboxylic acids is 1. The number of aromatic nitrogens is 2. The van der Waals surface area contributed by atoms with Gasteiger partial charge in [0, 0.05) is 7.05 Å². The molecule has 110 valence electrons. The van der Waals surface area contributed by atoms with Crippen LogP contribution < -0.4 is 4.74 Å². The zero-order valence-electron chi connectivity index (χ0n) is 11.7. The van der Waals surface area contributed by atoms with E-state index in [1.54, 1.807) is 13.0 Å². The Labute approximate surface area is 119 Å². The van der Waals surface area contributed by atoms with E-state index in [1.165, 1.54) is 30.8 Å². The van der Waals surface area contributed by atoms with E-state index in [0.29, 0.717) is 5.56 Å². The maximum absolute atomic E-state index is 11.1. The summed E-state index contributed by atoms with van der Waals surface area (Å²) in [6.45, 7) is 3.22. The van der Waals surface area contributed by atoms with Crippen molar-refractivity contribution in [2.24, 2.45) is 7.05 Å². The number of benzene rings is 1. The second-order valence-electron chi connectivity index (χ2n) is 4.51. The molecule has 0 bridgehead atoms. The summed E-state index contributed by atoms with van der Waals surface area (Å²) in [6, 6.07) is 4.34. The first-order valence-corrected chi connectivity index (χ1v) is 6.01. The van der Waals surface area contributed by atoms with Gasteiger partial charge in [-0.2, -0.15) is 5.10 Å². The van der Waals surface area contributed by atoms with Crippen LogP contribution in [0.5, 0.6) is 11.6 Å². The van der Waals surface area contributed by atoms with E-state index in [-0.39, 0.29) is 28.6 Å². The first-order valence-electron chi connectivity index (χ1n) is 6.01. The minimum absolute atomic E-state index is 0.0388. The molecule has 1 heterocycles. The van der Waals surface area contributed by atoms with Gasteiger partial charge in [-0.25, -0.2) is 9.48 Å². The molecule has 0 atom stereocenters. The molecule has 0 saturated heterocycles. The van der Waals surface area contributed by atoms with Gasteiger partial charge in [0.1, 0.15) is 11.4 Å². The molecule has 8 heteroatoms. The monoisotopic (exact) mass is 291 g/mol. The highest BCUT2D eigenvalue weighted by atomic mass is 16.6. The Balaban J connectivity index is 2.50. The molecule has 8 nitrogen and oxygen atoms in total. The largest absolute Gasteiger partial charge is 0.478 e. The van der Waals surface area contributed by atoms with E-state index in [4.69, 9.17) is 9.84 Å². The van der Waals surface area contributed by atoms with Crippen molar-refractivity contribution in [3.8, 4) is 11.6 Å². The lowest BCUT2D eigenvalue weighted by molar-refractivity contribution is -0.386. The van der Waals surface area contributed by atoms with Crippen LogP contribution in [-0.2, 0) is 7.05 Å². The molecular formula is C13H13N3O5. The predicted octanol–water partition coefficient (Wildman–Crippen LogP) is 2.44. The minimum atomic E-state index is -1.10. The number of carbonyl (C=O) groups is 1. The van der Waals surface area contributed by atoms with Gasteiger partial charge in [0.15, 0.2) is 0 Å². The molecule has 2 aromatic rings. The number of nitro groups is 1. The average Bonchev–Trinajstić information content (AvgIpc) is 2.66. The van der Waals surface area contributed by atoms with Crippen molar-refractivity contribution in [2.75, 3.05) is 0 Å². The van der Waals surface area contributed by atoms with E-state index < -0.39 is 10.9 Å². The molecule has 1 aromatic carbocycles. The molecule has 0 saturated carbocycles. The maximum atomic E-state index is 11.1. The van der Waals surface area contributed by atoms with Crippen molar-refractivity contribution in [2.45, 2.75) is 13.8 Å². The molecule has 0 radical (unpaired) electrons. The molecule has 21 heavy (non-hydrogen) atoms. The first-order chi connectivity index (χ1) is 9.81. The van der Waals surface area contributed by atoms with Crippen LogP contribution in [-0.4, -0.2) is 25.8 Å². The van der Waals surface area contributed by atoms with Crippen LogP contribution in [0.25, 0.3) is 0 Å². The highest BCUT2D eigenvalue weighted by molar-refractivity contribution is 5.88. The van der Waals surface area contributed by atoms with Gasteiger partial charge in [-0.1, -0.05) is 6.07 Å². The van der Waals surface area contributed by atoms with E-state index in [9.17, 15) is 14.9 Å². The number of aryl methyl sites for hydroxylation is 3. The summed E-state index contributed by atoms with van der Waals surface area (Å²) in [5.74, 6) is -0.903. The lowest BCUT2D eigenvalue weighted by atomic mass is 10.1. The van der Waals surface area contributed by atoms with Gasteiger partial charge in [0.2, 0.25) is 0 Å². The summed E-state index contributed by atoms with van der Waals surface area (Å²) >= 11 is 0. The molecule has 0 amide bonds. The SMILES string of the molecule is Cc1ccc(C(=O)O)cc1Oc1c([N+](=O)[O-])c(C)nn1C. The van der Waals surface area contributed by atoms with Gasteiger partial charge in [-0.3, -0.25) is 10.1 Å². The molecule has 0 aliphatic carbocycles. The number of hydrogen-bond donors (Lipinski definition) is 1. The summed E-state index contributed by atoms with van der Waals surface area (Å²) in [5, 5.41) is 24.0. The van der Waals surface area contributed by atoms with Crippen molar-refractivity contribution >= 4 is 11.7 Å². The standard InChI is InChI=1S/C13H13N3O5/c1-7-4-5-9(13(17)18)6-10(7)21-12-11(16(19)20)8(2)14-15(12)3/h4-6H,1-3H3,(H,17,18). The molecule has 0 unspecified atom stereocenters. The third-order valence-corrected chi connectivity index (χ3v) is 2.96. The van der Waals surface area contributed by atoms with Crippen molar-refractivity contribution in [3.63, 3.8) is 0 Å². The van der Waals surface area contributed by atoms with Gasteiger partial charge in [-0.15, -0.1) is 0 Å². The molecule has 0 spiro atoms. The Morgan fingerprint density at radius 1 is 1.43 bits per heavy atom. The van der Waals surface area contributed by atoms with Gasteiger partial charge in [-0.05, 0) is 31.5 Å². The predicted molar refractivity (Wildman–Crippen MR) is 72.8 cm³/mol. The van der Waals surface area contributed by atoms with Crippen LogP contribution in [0.15, 0.2) is 18.2 Å². The lowest BCUT2D eigenvalue weighted by Gasteiger charge is -2.09. The van der Waals surface area contributed by atoms with Crippen molar-refractivity contribution in [1.82, 2.24) is 9.78 Å². The molecule has 0 fully saturated rings. The van der Waals surface area contributed by atoms with E-state index >= 15 is 0 Å². The van der Waals surface area contributed by atoms with Crippen LogP contribution in [0.2, 0.25) is 0 Å². The van der Waals surface area contributed by atoms with Crippen LogP contribution in [0.4, 0.5) is 5.69 Å². The molecule has 1 aromatic heterocycles. The Morgan fingerprint density at radius 2 is 2.10 bits per heavy atom. The molecular weight excluding hydrogens is 278 g/mol. The van der Waals surface area contributed by atoms with Gasteiger partial charge >= 0.3 is 11.7 Å². The number of carboxylic acids is 1. The highest BCUT2D eigenvalue weighted by Crippen LogP contribution is 2.35. The van der Waals surface area contributed by atoms with E-state index in [0.717, 1.165) is 0 Å². The van der Waals surface area contributed by atoms with Crippen molar-refractivity contribution in [3.05, 3.63) is 45.1 Å². The fourth-order valence-electron chi connectivity index (χ4n) is 1.90. The molecule has 0 aliphatic rings. The minimum Gasteiger partial charge on any atom is -0.478 e. The molecule has 1 N–H and O–H groups in total. The summed E-state index contributed by atoms with van der Waals surface area (Å²) in [4.78, 5) is 21.5. The van der Waals surface area contributed by atoms with E-state index in [1.807, 2.05) is 0 Å². The summed E-state index contributed by atoms with van der Waals surface area (Å²) in [6.07, 6.45) is 0. The Morgan fingerprint density at radius 3 is 2.67 bits per heavy atom. The summed E-state index contributed by atoms with van der Waals surface area (Å²) in [7, 11) is 1.52. The average molecular weight is 291 g/mol. The maximum Gasteiger partial charge on any atom is 0.353 e. The summed E-state index contributed by atoms with van der Waals surface area (Å²) < 4.78 is 6.79. The zero-order chi connectivity index (χ0) is 15.7. The van der Waals surface area contributed by atoms with Crippen LogP contribution in [0.1, 0.15) is 21.6 Å². The van der Waals surface area contributed by atoms with Gasteiger partial charge in [0.05, 0.1) is 10.5 Å². The van der Waals surface area contributed by atoms with Gasteiger partial charge in [0.25, 0.3) is 5.88 Å². The fourth-order valence-corrected chi connectivity index (χ4v) is 1.90. The van der Waals surface area contributed by atoms with E-state index in [2.05, 4.69) is 5.10 Å². The number of nitrogens with zero attached hydrogens (tertiary/aromatic N) is 3. The normalized spacial score (nSPS) is 10.4. The van der Waals surface area contributed by atoms with Crippen molar-refractivity contribution in [1.29, 1.82) is 0 Å². The Hall–Kier alpha value is -2.90. The Bertz CT molecular complexity index is 736. The first kappa shape index (κ1) is 14.5. The summed E-state index contributed by atoms with van der Waals surface area (Å²) in [5.41, 5.74) is 0.687. The topological polar surface area (TPSA) is 107 Å². The molecule has 2 rings (SSSR count). The third kappa shape index (κ3) is 2.69. The number of carboxylic acid groups (broad SMARTS) is 1. The van der Waals surface area contributed by atoms with Crippen molar-refractivity contribution < 1.29 is 19.6 Å². The zero-order valence-corrected chi connectivity index (χ0v) is 11.7. The lowest BCUT2D eigenvalue weighted by Crippen LogP contribution is -2.01. The quantitative estimate of drug-likeness (QED) is 0.684. The highest BCUT2D eigenvalue weighted by Gasteiger charge is 2.26. The second-order valence-corrected chi connectivity index (χ2v) is 4.51. The van der Waals surface area contributed by atoms with Crippen LogP contribution in [0, 0.1) is 24.0 Å². The smallest absolute Gasteiger partial charge is 0.353 e. The fraction of sp³-hybridized carbons (Fsp3) is 0.231. The number of hydrogen-bond acceptors (Lipinski definition) is 5. The van der Waals surface area contributed by atoms with Crippen LogP contribution >= 0.6 is 0 Å².